The number of hydrogen-bond donors (Lipinski definition) is 2. The number of carbonyl (C=O) groups is 2. The molecule has 1 aliphatic heterocycles. The molecular formula is C10H9FN2O4S. The van der Waals surface area contributed by atoms with Crippen LogP contribution in [0.15, 0.2) is 18.5 Å². The number of nitrogens with zero attached hydrogens (tertiary/aromatic N) is 2. The highest BCUT2D eigenvalue weighted by atomic mass is 32.2. The monoisotopic (exact) mass is 272 g/mol. The molecule has 18 heavy (non-hydrogen) atoms. The van der Waals surface area contributed by atoms with Crippen LogP contribution < -0.4 is 0 Å². The second kappa shape index (κ2) is 4.81. The molecular weight excluding hydrogens is 263 g/mol. The lowest BCUT2D eigenvalue weighted by atomic mass is 10.2. The summed E-state index contributed by atoms with van der Waals surface area (Å²) in [5, 5.41) is 17.2. The summed E-state index contributed by atoms with van der Waals surface area (Å²) in [4.78, 5) is 26.4. The normalized spacial score (nSPS) is 23.1. The zero-order valence-corrected chi connectivity index (χ0v) is 9.80. The number of hydrogen-bond acceptors (Lipinski definition) is 4. The molecule has 1 aromatic rings. The van der Waals surface area contributed by atoms with E-state index in [2.05, 4.69) is 4.98 Å². The molecule has 2 rings (SSSR count). The molecule has 1 unspecified atom stereocenters. The molecule has 1 fully saturated rings. The van der Waals surface area contributed by atoms with Crippen LogP contribution >= 0.6 is 11.8 Å². The molecule has 1 aromatic heterocycles. The molecule has 1 aliphatic rings. The fourth-order valence-electron chi connectivity index (χ4n) is 1.76. The summed E-state index contributed by atoms with van der Waals surface area (Å²) < 4.78 is 13.6. The van der Waals surface area contributed by atoms with Gasteiger partial charge in [0.05, 0.1) is 6.20 Å². The van der Waals surface area contributed by atoms with E-state index in [0.717, 1.165) is 22.9 Å². The van der Waals surface area contributed by atoms with Gasteiger partial charge in [0.2, 0.25) is 0 Å². The van der Waals surface area contributed by atoms with Crippen molar-refractivity contribution >= 4 is 23.8 Å². The SMILES string of the molecule is O=C(O)C1CS[C@H](c2ccncc2F)N1C(=O)O. The van der Waals surface area contributed by atoms with Gasteiger partial charge in [-0.1, -0.05) is 0 Å². The predicted octanol–water partition coefficient (Wildman–Crippen LogP) is 1.40. The Labute approximate surface area is 105 Å². The Balaban J connectivity index is 2.37. The molecule has 0 aromatic carbocycles. The van der Waals surface area contributed by atoms with Gasteiger partial charge in [0.15, 0.2) is 0 Å². The lowest BCUT2D eigenvalue weighted by Gasteiger charge is -2.24. The Morgan fingerprint density at radius 2 is 2.22 bits per heavy atom. The summed E-state index contributed by atoms with van der Waals surface area (Å²) in [5.74, 6) is -1.79. The number of halogens is 1. The van der Waals surface area contributed by atoms with Crippen LogP contribution in [-0.4, -0.2) is 44.0 Å². The van der Waals surface area contributed by atoms with Crippen molar-refractivity contribution in [3.63, 3.8) is 0 Å². The maximum absolute atomic E-state index is 13.6. The number of aliphatic carboxylic acids is 1. The highest BCUT2D eigenvalue weighted by Crippen LogP contribution is 2.41. The Bertz CT molecular complexity index is 499. The van der Waals surface area contributed by atoms with Gasteiger partial charge in [-0.15, -0.1) is 11.8 Å². The molecule has 1 amide bonds. The first-order valence-electron chi connectivity index (χ1n) is 4.97. The van der Waals surface area contributed by atoms with Gasteiger partial charge in [-0.25, -0.2) is 14.0 Å². The minimum absolute atomic E-state index is 0.0913. The minimum Gasteiger partial charge on any atom is -0.480 e. The van der Waals surface area contributed by atoms with Gasteiger partial charge in [-0.3, -0.25) is 9.88 Å². The van der Waals surface area contributed by atoms with Gasteiger partial charge in [-0.2, -0.15) is 0 Å². The van der Waals surface area contributed by atoms with E-state index in [1.54, 1.807) is 0 Å². The third-order valence-electron chi connectivity index (χ3n) is 2.58. The van der Waals surface area contributed by atoms with Crippen molar-refractivity contribution in [2.45, 2.75) is 11.4 Å². The van der Waals surface area contributed by atoms with Crippen molar-refractivity contribution in [1.29, 1.82) is 0 Å². The molecule has 2 heterocycles. The van der Waals surface area contributed by atoms with E-state index < -0.39 is 29.3 Å². The van der Waals surface area contributed by atoms with Crippen molar-refractivity contribution in [2.75, 3.05) is 5.75 Å². The average Bonchev–Trinajstić information content (AvgIpc) is 2.74. The topological polar surface area (TPSA) is 90.7 Å². The summed E-state index contributed by atoms with van der Waals surface area (Å²) >= 11 is 1.08. The standard InChI is InChI=1S/C10H9FN2O4S/c11-6-3-12-2-1-5(6)8-13(10(16)17)7(4-18-8)9(14)15/h1-3,7-8H,4H2,(H,14,15)(H,16,17)/t7?,8-/m1/s1. The van der Waals surface area contributed by atoms with E-state index in [9.17, 15) is 14.0 Å². The van der Waals surface area contributed by atoms with E-state index >= 15 is 0 Å². The number of aromatic nitrogens is 1. The van der Waals surface area contributed by atoms with E-state index in [4.69, 9.17) is 10.2 Å². The highest BCUT2D eigenvalue weighted by Gasteiger charge is 2.43. The van der Waals surface area contributed by atoms with Crippen LogP contribution in [0, 0.1) is 5.82 Å². The Hall–Kier alpha value is -1.83. The molecule has 8 heteroatoms. The first-order valence-corrected chi connectivity index (χ1v) is 6.02. The molecule has 6 nitrogen and oxygen atoms in total. The molecule has 0 radical (unpaired) electrons. The minimum atomic E-state index is -1.38. The zero-order chi connectivity index (χ0) is 13.3. The largest absolute Gasteiger partial charge is 0.480 e. The summed E-state index contributed by atoms with van der Waals surface area (Å²) in [6, 6.07) is 0.192. The Morgan fingerprint density at radius 1 is 1.50 bits per heavy atom. The molecule has 0 spiro atoms. The zero-order valence-electron chi connectivity index (χ0n) is 8.99. The van der Waals surface area contributed by atoms with E-state index in [1.165, 1.54) is 12.3 Å². The van der Waals surface area contributed by atoms with Crippen LogP contribution in [0.2, 0.25) is 0 Å². The first kappa shape index (κ1) is 12.6. The van der Waals surface area contributed by atoms with Gasteiger partial charge in [-0.05, 0) is 6.07 Å². The fourth-order valence-corrected chi connectivity index (χ4v) is 3.19. The molecule has 0 bridgehead atoms. The first-order chi connectivity index (χ1) is 8.52. The smallest absolute Gasteiger partial charge is 0.409 e. The van der Waals surface area contributed by atoms with Crippen LogP contribution in [0.1, 0.15) is 10.9 Å². The number of pyridine rings is 1. The van der Waals surface area contributed by atoms with Crippen LogP contribution in [0.25, 0.3) is 0 Å². The average molecular weight is 272 g/mol. The Morgan fingerprint density at radius 3 is 2.78 bits per heavy atom. The number of carboxylic acids is 1. The molecule has 0 aliphatic carbocycles. The summed E-state index contributed by atoms with van der Waals surface area (Å²) in [7, 11) is 0. The van der Waals surface area contributed by atoms with Crippen molar-refractivity contribution < 1.29 is 24.2 Å². The number of rotatable bonds is 2. The second-order valence-electron chi connectivity index (χ2n) is 3.63. The van der Waals surface area contributed by atoms with Crippen molar-refractivity contribution in [3.8, 4) is 0 Å². The lowest BCUT2D eigenvalue weighted by molar-refractivity contribution is -0.141. The van der Waals surface area contributed by atoms with Crippen LogP contribution in [0.4, 0.5) is 9.18 Å². The summed E-state index contributed by atoms with van der Waals surface area (Å²) in [5.41, 5.74) is 0.126. The Kier molecular flexibility index (Phi) is 3.37. The lowest BCUT2D eigenvalue weighted by Crippen LogP contribution is -2.42. The second-order valence-corrected chi connectivity index (χ2v) is 4.74. The predicted molar refractivity (Wildman–Crippen MR) is 60.7 cm³/mol. The van der Waals surface area contributed by atoms with Crippen molar-refractivity contribution in [1.82, 2.24) is 9.88 Å². The van der Waals surface area contributed by atoms with Crippen molar-refractivity contribution in [2.24, 2.45) is 0 Å². The summed E-state index contributed by atoms with van der Waals surface area (Å²) in [6.07, 6.45) is 0.936. The molecule has 96 valence electrons. The third-order valence-corrected chi connectivity index (χ3v) is 3.88. The van der Waals surface area contributed by atoms with Gasteiger partial charge >= 0.3 is 12.1 Å². The molecule has 0 saturated carbocycles. The van der Waals surface area contributed by atoms with Gasteiger partial charge in [0, 0.05) is 17.5 Å². The highest BCUT2D eigenvalue weighted by molar-refractivity contribution is 7.99. The van der Waals surface area contributed by atoms with Crippen LogP contribution in [0.3, 0.4) is 0 Å². The van der Waals surface area contributed by atoms with E-state index in [1.807, 2.05) is 0 Å². The van der Waals surface area contributed by atoms with Gasteiger partial charge in [0.1, 0.15) is 17.2 Å². The number of amides is 1. The van der Waals surface area contributed by atoms with Crippen LogP contribution in [-0.2, 0) is 4.79 Å². The quantitative estimate of drug-likeness (QED) is 0.845. The van der Waals surface area contributed by atoms with Crippen molar-refractivity contribution in [3.05, 3.63) is 29.8 Å². The van der Waals surface area contributed by atoms with Gasteiger partial charge < -0.3 is 10.2 Å². The number of thioether (sulfide) groups is 1. The maximum Gasteiger partial charge on any atom is 0.409 e. The molecule has 2 N–H and O–H groups in total. The maximum atomic E-state index is 13.6. The summed E-state index contributed by atoms with van der Waals surface area (Å²) in [6.45, 7) is 0. The molecule has 1 saturated heterocycles. The number of carboxylic acid groups (broad SMARTS) is 2. The fraction of sp³-hybridized carbons (Fsp3) is 0.300. The van der Waals surface area contributed by atoms with E-state index in [0.29, 0.717) is 0 Å². The van der Waals surface area contributed by atoms with Crippen LogP contribution in [0.5, 0.6) is 0 Å². The molecule has 2 atom stereocenters. The van der Waals surface area contributed by atoms with Gasteiger partial charge in [0.25, 0.3) is 0 Å². The third kappa shape index (κ3) is 2.10. The van der Waals surface area contributed by atoms with E-state index in [-0.39, 0.29) is 11.3 Å².